The van der Waals surface area contributed by atoms with Gasteiger partial charge in [-0.2, -0.15) is 5.10 Å². The summed E-state index contributed by atoms with van der Waals surface area (Å²) in [6.45, 7) is 7.91. The number of carbonyl (C=O) groups is 1. The van der Waals surface area contributed by atoms with Gasteiger partial charge in [0.2, 0.25) is 0 Å². The Bertz CT molecular complexity index is 1190. The predicted molar refractivity (Wildman–Crippen MR) is 140 cm³/mol. The monoisotopic (exact) mass is 459 g/mol. The van der Waals surface area contributed by atoms with Crippen LogP contribution < -0.4 is 15.4 Å². The number of allylic oxidation sites excluding steroid dienone is 2. The number of anilines is 1. The Hall–Kier alpha value is -3.87. The van der Waals surface area contributed by atoms with Crippen LogP contribution in [0.1, 0.15) is 46.1 Å². The van der Waals surface area contributed by atoms with Gasteiger partial charge in [0, 0.05) is 22.7 Å². The fourth-order valence-corrected chi connectivity index (χ4v) is 3.33. The van der Waals surface area contributed by atoms with Crippen molar-refractivity contribution in [1.82, 2.24) is 15.5 Å². The highest BCUT2D eigenvalue weighted by Gasteiger charge is 2.08. The van der Waals surface area contributed by atoms with E-state index in [1.807, 2.05) is 75.4 Å². The van der Waals surface area contributed by atoms with Crippen molar-refractivity contribution >= 4 is 34.0 Å². The molecule has 0 bridgehead atoms. The number of ether oxygens (including phenoxy) is 1. The van der Waals surface area contributed by atoms with E-state index < -0.39 is 0 Å². The van der Waals surface area contributed by atoms with Crippen molar-refractivity contribution in [1.29, 1.82) is 0 Å². The third kappa shape index (κ3) is 7.33. The Morgan fingerprint density at radius 2 is 2.09 bits per heavy atom. The summed E-state index contributed by atoms with van der Waals surface area (Å²) in [7, 11) is 0. The molecular weight excluding hydrogens is 426 g/mol. The second kappa shape index (κ2) is 12.4. The van der Waals surface area contributed by atoms with E-state index in [9.17, 15) is 4.79 Å². The Balaban J connectivity index is 1.84. The molecule has 0 saturated carbocycles. The smallest absolute Gasteiger partial charge is 0.258 e. The molecule has 2 aromatic carbocycles. The summed E-state index contributed by atoms with van der Waals surface area (Å²) in [4.78, 5) is 16.9. The zero-order chi connectivity index (χ0) is 24.3. The number of H-pyrrole nitrogens is 1. The summed E-state index contributed by atoms with van der Waals surface area (Å²) < 4.78 is 5.72. The molecule has 0 atom stereocenters. The van der Waals surface area contributed by atoms with Gasteiger partial charge in [0.1, 0.15) is 11.6 Å². The highest BCUT2D eigenvalue weighted by molar-refractivity contribution is 6.07. The first-order chi connectivity index (χ1) is 16.5. The number of aromatic nitrogens is 2. The van der Waals surface area contributed by atoms with Gasteiger partial charge < -0.3 is 15.4 Å². The van der Waals surface area contributed by atoms with Crippen molar-refractivity contribution in [3.63, 3.8) is 0 Å². The Kier molecular flexibility index (Phi) is 9.03. The quantitative estimate of drug-likeness (QED) is 0.268. The van der Waals surface area contributed by atoms with Crippen molar-refractivity contribution in [3.8, 4) is 5.75 Å². The molecule has 34 heavy (non-hydrogen) atoms. The second-order valence-electron chi connectivity index (χ2n) is 8.21. The SMILES string of the molecule is C/C=C\C(=NC(=CCCC)c1cccc(OCC(=O)NC(C)C)c1)Nc1ccc2[nH]ncc2c1. The van der Waals surface area contributed by atoms with E-state index in [0.29, 0.717) is 5.75 Å². The number of unbranched alkanes of at least 4 members (excludes halogenated alkanes) is 1. The fraction of sp³-hybridized carbons (Fsp3) is 0.296. The fourth-order valence-electron chi connectivity index (χ4n) is 3.33. The number of carbonyl (C=O) groups excluding carboxylic acids is 1. The Morgan fingerprint density at radius 1 is 1.24 bits per heavy atom. The van der Waals surface area contributed by atoms with E-state index in [0.717, 1.165) is 46.5 Å². The molecule has 0 fully saturated rings. The van der Waals surface area contributed by atoms with Crippen molar-refractivity contribution in [3.05, 3.63) is 72.5 Å². The van der Waals surface area contributed by atoms with Crippen LogP contribution in [0.3, 0.4) is 0 Å². The van der Waals surface area contributed by atoms with Crippen LogP contribution in [-0.4, -0.2) is 34.6 Å². The summed E-state index contributed by atoms with van der Waals surface area (Å²) in [5.41, 5.74) is 3.67. The van der Waals surface area contributed by atoms with Crippen LogP contribution in [0.5, 0.6) is 5.75 Å². The average molecular weight is 460 g/mol. The van der Waals surface area contributed by atoms with E-state index in [1.165, 1.54) is 0 Å². The van der Waals surface area contributed by atoms with Gasteiger partial charge in [-0.25, -0.2) is 4.99 Å². The summed E-state index contributed by atoms with van der Waals surface area (Å²) in [5, 5.41) is 14.3. The number of hydrogen-bond acceptors (Lipinski definition) is 4. The van der Waals surface area contributed by atoms with Gasteiger partial charge in [-0.15, -0.1) is 0 Å². The third-order valence-electron chi connectivity index (χ3n) is 4.85. The standard InChI is InChI=1S/C27H33N5O2/c1-5-7-12-24(20-10-8-11-23(16-20)34-18-27(33)29-19(3)4)31-26(9-6-2)30-22-13-14-25-21(15-22)17-28-32-25/h6,8-17,19H,5,7,18H2,1-4H3,(H,28,32)(H,29,33)(H,30,31)/b9-6-,24-12?. The van der Waals surface area contributed by atoms with E-state index in [4.69, 9.17) is 9.73 Å². The van der Waals surface area contributed by atoms with E-state index in [2.05, 4.69) is 33.8 Å². The van der Waals surface area contributed by atoms with Gasteiger partial charge in [-0.3, -0.25) is 9.89 Å². The lowest BCUT2D eigenvalue weighted by Crippen LogP contribution is -2.34. The number of amidine groups is 1. The van der Waals surface area contributed by atoms with Gasteiger partial charge in [0.15, 0.2) is 6.61 Å². The lowest BCUT2D eigenvalue weighted by atomic mass is 10.1. The molecular formula is C27H33N5O2. The molecule has 3 rings (SSSR count). The second-order valence-corrected chi connectivity index (χ2v) is 8.21. The number of rotatable bonds is 10. The normalized spacial score (nSPS) is 12.5. The summed E-state index contributed by atoms with van der Waals surface area (Å²) >= 11 is 0. The van der Waals surface area contributed by atoms with Crippen LogP contribution in [0.25, 0.3) is 16.6 Å². The van der Waals surface area contributed by atoms with E-state index in [1.54, 1.807) is 6.20 Å². The molecule has 1 heterocycles. The van der Waals surface area contributed by atoms with Crippen LogP contribution in [0.4, 0.5) is 5.69 Å². The summed E-state index contributed by atoms with van der Waals surface area (Å²) in [6.07, 6.45) is 9.71. The zero-order valence-corrected chi connectivity index (χ0v) is 20.3. The zero-order valence-electron chi connectivity index (χ0n) is 20.3. The Labute approximate surface area is 201 Å². The third-order valence-corrected chi connectivity index (χ3v) is 4.85. The number of benzene rings is 2. The first-order valence-electron chi connectivity index (χ1n) is 11.6. The summed E-state index contributed by atoms with van der Waals surface area (Å²) in [5.74, 6) is 1.20. The minimum atomic E-state index is -0.144. The molecule has 0 unspecified atom stereocenters. The molecule has 3 N–H and O–H groups in total. The molecule has 1 aromatic heterocycles. The van der Waals surface area contributed by atoms with E-state index in [-0.39, 0.29) is 18.6 Å². The molecule has 7 heteroatoms. The topological polar surface area (TPSA) is 91.4 Å². The number of hydrogen-bond donors (Lipinski definition) is 3. The first-order valence-corrected chi connectivity index (χ1v) is 11.6. The molecule has 0 radical (unpaired) electrons. The number of aromatic amines is 1. The Morgan fingerprint density at radius 3 is 2.85 bits per heavy atom. The number of nitrogens with zero attached hydrogens (tertiary/aromatic N) is 2. The van der Waals surface area contributed by atoms with Gasteiger partial charge in [0.25, 0.3) is 5.91 Å². The van der Waals surface area contributed by atoms with Gasteiger partial charge in [-0.05, 0) is 63.6 Å². The first kappa shape index (κ1) is 24.8. The number of aliphatic imine (C=N–C) groups is 1. The molecule has 0 spiro atoms. The van der Waals surface area contributed by atoms with Crippen molar-refractivity contribution < 1.29 is 9.53 Å². The van der Waals surface area contributed by atoms with Crippen LogP contribution in [0.2, 0.25) is 0 Å². The predicted octanol–water partition coefficient (Wildman–Crippen LogP) is 5.69. The molecule has 1 amide bonds. The maximum atomic E-state index is 12.0. The molecule has 7 nitrogen and oxygen atoms in total. The van der Waals surface area contributed by atoms with Crippen molar-refractivity contribution in [2.24, 2.45) is 4.99 Å². The molecule has 3 aromatic rings. The average Bonchev–Trinajstić information content (AvgIpc) is 3.28. The van der Waals surface area contributed by atoms with Crippen LogP contribution in [0.15, 0.2) is 71.9 Å². The molecule has 0 aliphatic rings. The maximum Gasteiger partial charge on any atom is 0.258 e. The lowest BCUT2D eigenvalue weighted by molar-refractivity contribution is -0.123. The number of amides is 1. The summed E-state index contributed by atoms with van der Waals surface area (Å²) in [6, 6.07) is 13.8. The van der Waals surface area contributed by atoms with Gasteiger partial charge >= 0.3 is 0 Å². The van der Waals surface area contributed by atoms with Crippen LogP contribution in [-0.2, 0) is 4.79 Å². The van der Waals surface area contributed by atoms with Gasteiger partial charge in [-0.1, -0.05) is 37.6 Å². The lowest BCUT2D eigenvalue weighted by Gasteiger charge is -2.12. The number of fused-ring (bicyclic) bond motifs is 1. The minimum Gasteiger partial charge on any atom is -0.484 e. The molecule has 0 aliphatic carbocycles. The molecule has 178 valence electrons. The minimum absolute atomic E-state index is 0.0270. The largest absolute Gasteiger partial charge is 0.484 e. The maximum absolute atomic E-state index is 12.0. The number of nitrogens with one attached hydrogen (secondary N) is 3. The van der Waals surface area contributed by atoms with E-state index >= 15 is 0 Å². The highest BCUT2D eigenvalue weighted by atomic mass is 16.5. The van der Waals surface area contributed by atoms with Crippen LogP contribution >= 0.6 is 0 Å². The molecule has 0 aliphatic heterocycles. The van der Waals surface area contributed by atoms with Crippen molar-refractivity contribution in [2.45, 2.75) is 46.6 Å². The van der Waals surface area contributed by atoms with Crippen molar-refractivity contribution in [2.75, 3.05) is 11.9 Å². The molecule has 0 saturated heterocycles. The highest BCUT2D eigenvalue weighted by Crippen LogP contribution is 2.24. The van der Waals surface area contributed by atoms with Crippen LogP contribution in [0, 0.1) is 0 Å². The van der Waals surface area contributed by atoms with Gasteiger partial charge in [0.05, 0.1) is 17.4 Å².